The first-order chi connectivity index (χ1) is 13.4. The summed E-state index contributed by atoms with van der Waals surface area (Å²) in [6.45, 7) is 2.69. The van der Waals surface area contributed by atoms with Crippen molar-refractivity contribution in [2.75, 3.05) is 18.4 Å². The number of aryl methyl sites for hydroxylation is 1. The zero-order valence-corrected chi connectivity index (χ0v) is 16.7. The van der Waals surface area contributed by atoms with Gasteiger partial charge in [0, 0.05) is 19.5 Å². The van der Waals surface area contributed by atoms with Gasteiger partial charge in [0.25, 0.3) is 0 Å². The molecular weight excluding hydrogens is 379 g/mol. The van der Waals surface area contributed by atoms with Crippen LogP contribution in [0.3, 0.4) is 0 Å². The molecule has 0 radical (unpaired) electrons. The molecule has 0 saturated carbocycles. The van der Waals surface area contributed by atoms with Crippen LogP contribution < -0.4 is 5.32 Å². The van der Waals surface area contributed by atoms with Gasteiger partial charge in [0.2, 0.25) is 15.9 Å². The van der Waals surface area contributed by atoms with Crippen LogP contribution in [0.15, 0.2) is 53.4 Å². The molecule has 1 fully saturated rings. The minimum absolute atomic E-state index is 0.110. The summed E-state index contributed by atoms with van der Waals surface area (Å²) in [5, 5.41) is 2.58. The van der Waals surface area contributed by atoms with Gasteiger partial charge in [0.05, 0.1) is 10.6 Å². The largest absolute Gasteiger partial charge is 0.324 e. The van der Waals surface area contributed by atoms with Crippen molar-refractivity contribution < 1.29 is 17.6 Å². The van der Waals surface area contributed by atoms with Crippen molar-refractivity contribution in [3.63, 3.8) is 0 Å². The highest BCUT2D eigenvalue weighted by Crippen LogP contribution is 2.27. The minimum Gasteiger partial charge on any atom is -0.324 e. The fraction of sp³-hybridized carbons (Fsp3) is 0.381. The fourth-order valence-corrected chi connectivity index (χ4v) is 5.36. The van der Waals surface area contributed by atoms with Gasteiger partial charge in [-0.15, -0.1) is 0 Å². The summed E-state index contributed by atoms with van der Waals surface area (Å²) in [4.78, 5) is 12.5. The first-order valence-electron chi connectivity index (χ1n) is 9.48. The van der Waals surface area contributed by atoms with Crippen LogP contribution in [0.5, 0.6) is 0 Å². The SMILES string of the molecule is Cc1ccccc1S(=O)(=O)N1CCCC(CCC(=O)Nc2ccccc2F)C1. The van der Waals surface area contributed by atoms with Gasteiger partial charge in [0.1, 0.15) is 5.82 Å². The molecular formula is C21H25FN2O3S. The molecule has 2 aromatic rings. The lowest BCUT2D eigenvalue weighted by atomic mass is 9.94. The molecule has 1 atom stereocenters. The third-order valence-corrected chi connectivity index (χ3v) is 7.15. The van der Waals surface area contributed by atoms with Crippen LogP contribution >= 0.6 is 0 Å². The average Bonchev–Trinajstić information content (AvgIpc) is 2.68. The number of nitrogens with one attached hydrogen (secondary N) is 1. The van der Waals surface area contributed by atoms with E-state index in [0.717, 1.165) is 18.4 Å². The Kier molecular flexibility index (Phi) is 6.46. The monoisotopic (exact) mass is 404 g/mol. The van der Waals surface area contributed by atoms with Crippen molar-refractivity contribution in [3.05, 3.63) is 59.9 Å². The molecule has 150 valence electrons. The number of para-hydroxylation sites is 1. The molecule has 3 rings (SSSR count). The zero-order chi connectivity index (χ0) is 20.1. The molecule has 5 nitrogen and oxygen atoms in total. The highest BCUT2D eigenvalue weighted by atomic mass is 32.2. The number of rotatable bonds is 6. The van der Waals surface area contributed by atoms with E-state index in [1.165, 1.54) is 16.4 Å². The van der Waals surface area contributed by atoms with Crippen molar-refractivity contribution in [2.24, 2.45) is 5.92 Å². The maximum atomic E-state index is 13.6. The third-order valence-electron chi connectivity index (χ3n) is 5.12. The summed E-state index contributed by atoms with van der Waals surface area (Å²) in [7, 11) is -3.54. The summed E-state index contributed by atoms with van der Waals surface area (Å²) in [6.07, 6.45) is 2.45. The molecule has 0 aromatic heterocycles. The number of piperidine rings is 1. The van der Waals surface area contributed by atoms with Gasteiger partial charge in [0.15, 0.2) is 0 Å². The number of hydrogen-bond donors (Lipinski definition) is 1. The highest BCUT2D eigenvalue weighted by Gasteiger charge is 2.31. The van der Waals surface area contributed by atoms with Gasteiger partial charge in [-0.25, -0.2) is 12.8 Å². The predicted octanol–water partition coefficient (Wildman–Crippen LogP) is 3.95. The molecule has 1 amide bonds. The summed E-state index contributed by atoms with van der Waals surface area (Å²) in [6, 6.07) is 13.0. The van der Waals surface area contributed by atoms with Crippen molar-refractivity contribution in [2.45, 2.75) is 37.5 Å². The molecule has 1 saturated heterocycles. The predicted molar refractivity (Wildman–Crippen MR) is 107 cm³/mol. The number of halogens is 1. The average molecular weight is 405 g/mol. The van der Waals surface area contributed by atoms with Crippen molar-refractivity contribution >= 4 is 21.6 Å². The maximum Gasteiger partial charge on any atom is 0.243 e. The summed E-state index contributed by atoms with van der Waals surface area (Å²) >= 11 is 0. The highest BCUT2D eigenvalue weighted by molar-refractivity contribution is 7.89. The van der Waals surface area contributed by atoms with Crippen LogP contribution in [0, 0.1) is 18.7 Å². The number of carbonyl (C=O) groups excluding carboxylic acids is 1. The molecule has 1 unspecified atom stereocenters. The topological polar surface area (TPSA) is 66.5 Å². The van der Waals surface area contributed by atoms with E-state index in [2.05, 4.69) is 5.32 Å². The van der Waals surface area contributed by atoms with Gasteiger partial charge in [-0.3, -0.25) is 4.79 Å². The van der Waals surface area contributed by atoms with Gasteiger partial charge in [-0.05, 0) is 55.9 Å². The van der Waals surface area contributed by atoms with Gasteiger partial charge >= 0.3 is 0 Å². The lowest BCUT2D eigenvalue weighted by molar-refractivity contribution is -0.116. The molecule has 1 heterocycles. The van der Waals surface area contributed by atoms with Crippen LogP contribution in [0.4, 0.5) is 10.1 Å². The zero-order valence-electron chi connectivity index (χ0n) is 15.9. The number of carbonyl (C=O) groups is 1. The summed E-state index contributed by atoms with van der Waals surface area (Å²) in [5.74, 6) is -0.619. The lowest BCUT2D eigenvalue weighted by Crippen LogP contribution is -2.40. The first-order valence-corrected chi connectivity index (χ1v) is 10.9. The first kappa shape index (κ1) is 20.5. The Morgan fingerprint density at radius 3 is 2.64 bits per heavy atom. The van der Waals surface area contributed by atoms with Crippen LogP contribution in [-0.2, 0) is 14.8 Å². The number of nitrogens with zero attached hydrogens (tertiary/aromatic N) is 1. The van der Waals surface area contributed by atoms with E-state index in [9.17, 15) is 17.6 Å². The van der Waals surface area contributed by atoms with E-state index >= 15 is 0 Å². The standard InChI is InChI=1S/C21H25FN2O3S/c1-16-7-2-5-11-20(16)28(26,27)24-14-6-8-17(15-24)12-13-21(25)23-19-10-4-3-9-18(19)22/h2-5,7,9-11,17H,6,8,12-15H2,1H3,(H,23,25). The smallest absolute Gasteiger partial charge is 0.243 e. The second-order valence-electron chi connectivity index (χ2n) is 7.20. The van der Waals surface area contributed by atoms with E-state index in [1.54, 1.807) is 37.3 Å². The van der Waals surface area contributed by atoms with Crippen molar-refractivity contribution in [3.8, 4) is 0 Å². The van der Waals surface area contributed by atoms with E-state index in [1.807, 2.05) is 6.07 Å². The molecule has 7 heteroatoms. The number of sulfonamides is 1. The lowest BCUT2D eigenvalue weighted by Gasteiger charge is -2.32. The fourth-order valence-electron chi connectivity index (χ4n) is 3.58. The molecule has 28 heavy (non-hydrogen) atoms. The van der Waals surface area contributed by atoms with Crippen molar-refractivity contribution in [1.82, 2.24) is 4.31 Å². The van der Waals surface area contributed by atoms with Crippen LogP contribution in [0.2, 0.25) is 0 Å². The molecule has 1 aliphatic heterocycles. The Hall–Kier alpha value is -2.25. The Morgan fingerprint density at radius 1 is 1.18 bits per heavy atom. The molecule has 1 aliphatic rings. The van der Waals surface area contributed by atoms with Crippen LogP contribution in [0.1, 0.15) is 31.2 Å². The normalized spacial score (nSPS) is 18.0. The molecule has 0 bridgehead atoms. The number of amides is 1. The van der Waals surface area contributed by atoms with Crippen LogP contribution in [-0.4, -0.2) is 31.7 Å². The minimum atomic E-state index is -3.54. The molecule has 1 N–H and O–H groups in total. The van der Waals surface area contributed by atoms with Crippen molar-refractivity contribution in [1.29, 1.82) is 0 Å². The van der Waals surface area contributed by atoms with Gasteiger partial charge in [-0.2, -0.15) is 4.31 Å². The maximum absolute atomic E-state index is 13.6. The Labute approximate surface area is 165 Å². The second kappa shape index (κ2) is 8.84. The number of hydrogen-bond acceptors (Lipinski definition) is 3. The molecule has 2 aromatic carbocycles. The summed E-state index contributed by atoms with van der Waals surface area (Å²) in [5.41, 5.74) is 0.897. The van der Waals surface area contributed by atoms with E-state index < -0.39 is 15.8 Å². The number of anilines is 1. The van der Waals surface area contributed by atoms with Crippen LogP contribution in [0.25, 0.3) is 0 Å². The summed E-state index contributed by atoms with van der Waals surface area (Å²) < 4.78 is 41.1. The Bertz CT molecular complexity index is 946. The second-order valence-corrected chi connectivity index (χ2v) is 9.11. The molecule has 0 spiro atoms. The van der Waals surface area contributed by atoms with E-state index in [4.69, 9.17) is 0 Å². The quantitative estimate of drug-likeness (QED) is 0.793. The van der Waals surface area contributed by atoms with Gasteiger partial charge in [-0.1, -0.05) is 30.3 Å². The van der Waals surface area contributed by atoms with E-state index in [-0.39, 0.29) is 23.9 Å². The Morgan fingerprint density at radius 2 is 1.89 bits per heavy atom. The third kappa shape index (κ3) is 4.77. The molecule has 0 aliphatic carbocycles. The number of benzene rings is 2. The Balaban J connectivity index is 1.59. The van der Waals surface area contributed by atoms with Gasteiger partial charge < -0.3 is 5.32 Å². The van der Waals surface area contributed by atoms with E-state index in [0.29, 0.717) is 24.4 Å².